The van der Waals surface area contributed by atoms with E-state index in [-0.39, 0.29) is 17.3 Å². The van der Waals surface area contributed by atoms with E-state index in [2.05, 4.69) is 10.1 Å². The van der Waals surface area contributed by atoms with Gasteiger partial charge in [-0.05, 0) is 6.92 Å². The van der Waals surface area contributed by atoms with Gasteiger partial charge in [0.25, 0.3) is 0 Å². The van der Waals surface area contributed by atoms with Crippen molar-refractivity contribution in [3.8, 4) is 0 Å². The molecule has 104 valence electrons. The number of hydrogen-bond donors (Lipinski definition) is 1. The van der Waals surface area contributed by atoms with E-state index in [1.54, 1.807) is 13.2 Å². The van der Waals surface area contributed by atoms with Gasteiger partial charge < -0.3 is 5.73 Å². The third kappa shape index (κ3) is 2.77. The molecule has 9 heteroatoms. The number of thiazole rings is 1. The van der Waals surface area contributed by atoms with Gasteiger partial charge in [-0.2, -0.15) is 9.40 Å². The van der Waals surface area contributed by atoms with Crippen molar-refractivity contribution in [2.24, 2.45) is 7.05 Å². The highest BCUT2D eigenvalue weighted by Crippen LogP contribution is 2.22. The van der Waals surface area contributed by atoms with Crippen LogP contribution in [0.2, 0.25) is 0 Å². The Morgan fingerprint density at radius 3 is 2.68 bits per heavy atom. The van der Waals surface area contributed by atoms with Crippen LogP contribution in [0, 0.1) is 6.92 Å². The van der Waals surface area contributed by atoms with E-state index in [1.165, 1.54) is 33.6 Å². The molecule has 2 aromatic heterocycles. The van der Waals surface area contributed by atoms with Gasteiger partial charge in [0, 0.05) is 37.9 Å². The lowest BCUT2D eigenvalue weighted by molar-refractivity contribution is 0.469. The molecule has 2 aromatic rings. The molecule has 0 aliphatic rings. The van der Waals surface area contributed by atoms with Gasteiger partial charge in [-0.1, -0.05) is 0 Å². The zero-order valence-electron chi connectivity index (χ0n) is 10.9. The van der Waals surface area contributed by atoms with E-state index >= 15 is 0 Å². The number of nitrogens with zero attached hydrogens (tertiary/aromatic N) is 4. The summed E-state index contributed by atoms with van der Waals surface area (Å²) >= 11 is 1.47. The molecule has 2 rings (SSSR count). The van der Waals surface area contributed by atoms with Gasteiger partial charge in [0.05, 0.1) is 5.01 Å². The minimum Gasteiger partial charge on any atom is -0.381 e. The Kier molecular flexibility index (Phi) is 3.61. The summed E-state index contributed by atoms with van der Waals surface area (Å²) in [4.78, 5) is 5.01. The summed E-state index contributed by atoms with van der Waals surface area (Å²) in [6.07, 6.45) is 3.08. The zero-order valence-corrected chi connectivity index (χ0v) is 12.5. The van der Waals surface area contributed by atoms with E-state index in [0.717, 1.165) is 9.88 Å². The van der Waals surface area contributed by atoms with Gasteiger partial charge in [0.2, 0.25) is 10.0 Å². The molecule has 0 fully saturated rings. The van der Waals surface area contributed by atoms with E-state index < -0.39 is 10.0 Å². The second-order valence-corrected chi connectivity index (χ2v) is 7.49. The first kappa shape index (κ1) is 14.0. The lowest BCUT2D eigenvalue weighted by Gasteiger charge is -2.15. The van der Waals surface area contributed by atoms with Crippen molar-refractivity contribution in [2.45, 2.75) is 18.4 Å². The Balaban J connectivity index is 2.27. The van der Waals surface area contributed by atoms with Crippen LogP contribution in [0.5, 0.6) is 0 Å². The molecule has 0 spiro atoms. The highest BCUT2D eigenvalue weighted by atomic mass is 32.2. The summed E-state index contributed by atoms with van der Waals surface area (Å²) in [5, 5.41) is 4.75. The molecule has 0 aliphatic heterocycles. The first-order valence-corrected chi connectivity index (χ1v) is 7.73. The Hall–Kier alpha value is -1.45. The summed E-state index contributed by atoms with van der Waals surface area (Å²) in [5.41, 5.74) is 5.62. The number of nitrogen functional groups attached to an aromatic ring is 1. The fraction of sp³-hybridized carbons (Fsp3) is 0.400. The predicted molar refractivity (Wildman–Crippen MR) is 73.1 cm³/mol. The van der Waals surface area contributed by atoms with E-state index in [9.17, 15) is 8.42 Å². The third-order valence-electron chi connectivity index (χ3n) is 2.56. The van der Waals surface area contributed by atoms with Crippen molar-refractivity contribution in [3.63, 3.8) is 0 Å². The number of nitrogens with two attached hydrogens (primary N) is 1. The molecule has 0 aliphatic carbocycles. The van der Waals surface area contributed by atoms with Crippen molar-refractivity contribution in [1.82, 2.24) is 19.1 Å². The average molecular weight is 301 g/mol. The standard InChI is InChI=1S/C10H15N5O2S2/c1-7-12-4-8(18-7)5-15(3)19(16,17)9-6-14(2)13-10(9)11/h4,6H,5H2,1-3H3,(H2,11,13). The van der Waals surface area contributed by atoms with Crippen molar-refractivity contribution in [3.05, 3.63) is 22.3 Å². The summed E-state index contributed by atoms with van der Waals surface area (Å²) in [6, 6.07) is 0. The maximum absolute atomic E-state index is 12.4. The molecule has 0 atom stereocenters. The third-order valence-corrected chi connectivity index (χ3v) is 5.28. The minimum absolute atomic E-state index is 0.00911. The summed E-state index contributed by atoms with van der Waals surface area (Å²) in [5.74, 6) is 0.00911. The van der Waals surface area contributed by atoms with Gasteiger partial charge in [-0.25, -0.2) is 13.4 Å². The second-order valence-electron chi connectivity index (χ2n) is 4.16. The van der Waals surface area contributed by atoms with Crippen LogP contribution in [-0.2, 0) is 23.6 Å². The molecular formula is C10H15N5O2S2. The SMILES string of the molecule is Cc1ncc(CN(C)S(=O)(=O)c2cn(C)nc2N)s1. The number of aryl methyl sites for hydroxylation is 2. The van der Waals surface area contributed by atoms with E-state index in [4.69, 9.17) is 5.73 Å². The lowest BCUT2D eigenvalue weighted by Crippen LogP contribution is -2.26. The summed E-state index contributed by atoms with van der Waals surface area (Å²) in [7, 11) is -0.496. The van der Waals surface area contributed by atoms with Crippen molar-refractivity contribution >= 4 is 27.2 Å². The van der Waals surface area contributed by atoms with Crippen LogP contribution in [0.3, 0.4) is 0 Å². The Morgan fingerprint density at radius 1 is 1.53 bits per heavy atom. The quantitative estimate of drug-likeness (QED) is 0.892. The molecule has 0 unspecified atom stereocenters. The molecule has 0 aromatic carbocycles. The molecule has 0 radical (unpaired) electrons. The van der Waals surface area contributed by atoms with Crippen LogP contribution in [0.4, 0.5) is 5.82 Å². The van der Waals surface area contributed by atoms with Crippen molar-refractivity contribution < 1.29 is 8.42 Å². The summed E-state index contributed by atoms with van der Waals surface area (Å²) < 4.78 is 27.3. The molecule has 0 bridgehead atoms. The largest absolute Gasteiger partial charge is 0.381 e. The number of rotatable bonds is 4. The van der Waals surface area contributed by atoms with Crippen LogP contribution in [0.25, 0.3) is 0 Å². The zero-order chi connectivity index (χ0) is 14.2. The second kappa shape index (κ2) is 4.91. The monoisotopic (exact) mass is 301 g/mol. The molecule has 0 amide bonds. The molecule has 2 heterocycles. The first-order valence-electron chi connectivity index (χ1n) is 5.47. The number of aromatic nitrogens is 3. The van der Waals surface area contributed by atoms with Crippen LogP contribution >= 0.6 is 11.3 Å². The molecule has 0 saturated carbocycles. The van der Waals surface area contributed by atoms with Gasteiger partial charge >= 0.3 is 0 Å². The molecular weight excluding hydrogens is 286 g/mol. The molecule has 19 heavy (non-hydrogen) atoms. The van der Waals surface area contributed by atoms with Gasteiger partial charge in [-0.15, -0.1) is 11.3 Å². The van der Waals surface area contributed by atoms with Crippen molar-refractivity contribution in [1.29, 1.82) is 0 Å². The summed E-state index contributed by atoms with van der Waals surface area (Å²) in [6.45, 7) is 2.14. The Labute approximate surface area is 115 Å². The maximum atomic E-state index is 12.4. The van der Waals surface area contributed by atoms with Crippen LogP contribution in [0.15, 0.2) is 17.3 Å². The number of anilines is 1. The normalized spacial score (nSPS) is 12.2. The van der Waals surface area contributed by atoms with E-state index in [0.29, 0.717) is 0 Å². The maximum Gasteiger partial charge on any atom is 0.248 e. The fourth-order valence-electron chi connectivity index (χ4n) is 1.63. The Bertz CT molecular complexity index is 689. The van der Waals surface area contributed by atoms with Crippen LogP contribution < -0.4 is 5.73 Å². The Morgan fingerprint density at radius 2 is 2.21 bits per heavy atom. The van der Waals surface area contributed by atoms with Gasteiger partial charge in [0.15, 0.2) is 5.82 Å². The average Bonchev–Trinajstić information content (AvgIpc) is 2.85. The fourth-order valence-corrected chi connectivity index (χ4v) is 3.80. The topological polar surface area (TPSA) is 94.1 Å². The number of hydrogen-bond acceptors (Lipinski definition) is 6. The molecule has 2 N–H and O–H groups in total. The highest BCUT2D eigenvalue weighted by molar-refractivity contribution is 7.89. The predicted octanol–water partition coefficient (Wildman–Crippen LogP) is 0.588. The minimum atomic E-state index is -3.63. The lowest BCUT2D eigenvalue weighted by atomic mass is 10.5. The van der Waals surface area contributed by atoms with Crippen LogP contribution in [0.1, 0.15) is 9.88 Å². The van der Waals surface area contributed by atoms with Crippen molar-refractivity contribution in [2.75, 3.05) is 12.8 Å². The smallest absolute Gasteiger partial charge is 0.248 e. The molecule has 7 nitrogen and oxygen atoms in total. The van der Waals surface area contributed by atoms with Gasteiger partial charge in [-0.3, -0.25) is 4.68 Å². The molecule has 0 saturated heterocycles. The highest BCUT2D eigenvalue weighted by Gasteiger charge is 2.26. The number of sulfonamides is 1. The van der Waals surface area contributed by atoms with Gasteiger partial charge in [0.1, 0.15) is 4.90 Å². The van der Waals surface area contributed by atoms with Crippen LogP contribution in [-0.4, -0.2) is 34.5 Å². The van der Waals surface area contributed by atoms with E-state index in [1.807, 2.05) is 6.92 Å². The first-order chi connectivity index (χ1) is 8.80.